The van der Waals surface area contributed by atoms with E-state index in [0.29, 0.717) is 21.5 Å². The van der Waals surface area contributed by atoms with Crippen LogP contribution in [0.3, 0.4) is 0 Å². The molecule has 2 atom stereocenters. The number of amides is 4. The van der Waals surface area contributed by atoms with Gasteiger partial charge < -0.3 is 29.6 Å². The van der Waals surface area contributed by atoms with Crippen molar-refractivity contribution in [2.24, 2.45) is 0 Å². The first kappa shape index (κ1) is 35.1. The molecule has 0 spiro atoms. The summed E-state index contributed by atoms with van der Waals surface area (Å²) in [5, 5.41) is 29.3. The number of carbonyl (C=O) groups excluding carboxylic acids is 4. The number of rotatable bonds is 8. The molecule has 0 aromatic carbocycles. The average molecular weight is 628 g/mol. The minimum Gasteiger partial charge on any atom is -0.542 e. The Labute approximate surface area is 278 Å². The average Bonchev–Trinajstić information content (AvgIpc) is 3.74. The minimum atomic E-state index is -4.58. The van der Waals surface area contributed by atoms with Crippen LogP contribution in [0.5, 0.6) is 0 Å². The quantitative estimate of drug-likeness (QED) is 0.201. The molecule has 2 saturated heterocycles. The van der Waals surface area contributed by atoms with Gasteiger partial charge in [-0.25, -0.2) is 19.0 Å². The van der Waals surface area contributed by atoms with Gasteiger partial charge in [-0.2, -0.15) is 47.6 Å². The minimum absolute atomic E-state index is 0. The van der Waals surface area contributed by atoms with Crippen molar-refractivity contribution in [1.82, 2.24) is 39.5 Å². The smallest absolute Gasteiger partial charge is 0.542 e. The van der Waals surface area contributed by atoms with Crippen molar-refractivity contribution in [2.75, 3.05) is 26.2 Å². The third-order valence-electron chi connectivity index (χ3n) is 6.31. The van der Waals surface area contributed by atoms with E-state index >= 15 is 0 Å². The second-order valence-corrected chi connectivity index (χ2v) is 9.12. The van der Waals surface area contributed by atoms with Crippen LogP contribution < -0.4 is 58.6 Å². The number of hydrogen-bond donors (Lipinski definition) is 0. The number of aliphatic carboxylic acids is 2. The van der Waals surface area contributed by atoms with Gasteiger partial charge in [-0.05, 0) is 24.3 Å². The van der Waals surface area contributed by atoms with Crippen LogP contribution in [0.4, 0.5) is 27.2 Å². The molecule has 2 aromatic rings. The monoisotopic (exact) mass is 628 g/mol. The maximum absolute atomic E-state index is 13.1. The standard InChI is InChI=1S/2C11H10F2N4O4.Li.Na/c2*12-11(13,9(18)19)21-17-8-4-7(16-3-1-2-14-16)5-15(6-8)10(17)20;;/h2*1-4,8H,5-6H2,(H,18,19);;/q;;2*+1/p-2. The van der Waals surface area contributed by atoms with Crippen molar-refractivity contribution in [2.45, 2.75) is 24.3 Å². The van der Waals surface area contributed by atoms with E-state index in [9.17, 15) is 47.0 Å². The van der Waals surface area contributed by atoms with Crippen LogP contribution in [0.25, 0.3) is 11.4 Å². The molecule has 4 amide bonds. The first-order valence-corrected chi connectivity index (χ1v) is 11.9. The number of carboxylic acid groups (broad SMARTS) is 2. The Morgan fingerprint density at radius 1 is 0.773 bits per heavy atom. The van der Waals surface area contributed by atoms with Gasteiger partial charge in [0, 0.05) is 37.9 Å². The first-order chi connectivity index (χ1) is 19.8. The Morgan fingerprint density at radius 3 is 1.43 bits per heavy atom. The number of carbonyl (C=O) groups is 4. The second kappa shape index (κ2) is 13.3. The van der Waals surface area contributed by atoms with Crippen LogP contribution in [0.1, 0.15) is 0 Å². The van der Waals surface area contributed by atoms with Gasteiger partial charge >= 0.3 is 72.7 Å². The van der Waals surface area contributed by atoms with E-state index in [-0.39, 0.29) is 74.6 Å². The van der Waals surface area contributed by atoms with Crippen LogP contribution in [0.15, 0.2) is 49.1 Å². The Kier molecular flexibility index (Phi) is 10.6. The van der Waals surface area contributed by atoms with Crippen LogP contribution in [-0.4, -0.2) is 114 Å². The van der Waals surface area contributed by atoms with E-state index < -0.39 is 48.3 Å². The van der Waals surface area contributed by atoms with Crippen molar-refractivity contribution >= 4 is 35.4 Å². The first-order valence-electron chi connectivity index (χ1n) is 11.9. The normalized spacial score (nSPS) is 20.7. The summed E-state index contributed by atoms with van der Waals surface area (Å²) in [6.07, 6.45) is 0.258. The van der Waals surface area contributed by atoms with E-state index in [1.807, 2.05) is 0 Å². The van der Waals surface area contributed by atoms with Crippen molar-refractivity contribution in [1.29, 1.82) is 0 Å². The topological polar surface area (TPSA) is 181 Å². The zero-order valence-electron chi connectivity index (χ0n) is 23.0. The zero-order valence-corrected chi connectivity index (χ0v) is 25.0. The van der Waals surface area contributed by atoms with E-state index in [1.165, 1.54) is 43.7 Å². The number of urea groups is 2. The summed E-state index contributed by atoms with van der Waals surface area (Å²) < 4.78 is 55.2. The van der Waals surface area contributed by atoms with Crippen LogP contribution in [-0.2, 0) is 19.3 Å². The number of fused-ring (bicyclic) bond motifs is 4. The summed E-state index contributed by atoms with van der Waals surface area (Å²) in [5.74, 6) is -5.41. The second-order valence-electron chi connectivity index (χ2n) is 9.12. The van der Waals surface area contributed by atoms with Gasteiger partial charge in [0.2, 0.25) is 0 Å². The molecule has 4 aliphatic heterocycles. The van der Waals surface area contributed by atoms with Crippen molar-refractivity contribution in [3.8, 4) is 0 Å². The SMILES string of the molecule is O=C1N2CC(n3cccn3)=CC(C2)N1OC(F)(F)C(=O)[O-].O=C1N2CC(n3cccn3)=CC(C2)N1OC(F)(F)C(=O)[O-].[Li+].[Na+]. The molecule has 0 saturated carbocycles. The summed E-state index contributed by atoms with van der Waals surface area (Å²) >= 11 is 0. The maximum atomic E-state index is 13.1. The number of carboxylic acids is 2. The van der Waals surface area contributed by atoms with Gasteiger partial charge in [0.15, 0.2) is 0 Å². The molecule has 0 aliphatic carbocycles. The zero-order chi connectivity index (χ0) is 30.4. The van der Waals surface area contributed by atoms with Gasteiger partial charge in [-0.1, -0.05) is 0 Å². The molecular formula is C22H18F4LiN8NaO8. The molecule has 22 heteroatoms. The Bertz CT molecular complexity index is 1350. The Morgan fingerprint density at radius 2 is 1.14 bits per heavy atom. The number of hydrogen-bond acceptors (Lipinski definition) is 10. The van der Waals surface area contributed by atoms with E-state index in [1.54, 1.807) is 24.5 Å². The van der Waals surface area contributed by atoms with Gasteiger partial charge in [0.25, 0.3) is 0 Å². The molecule has 44 heavy (non-hydrogen) atoms. The molecule has 2 unspecified atom stereocenters. The molecule has 6 heterocycles. The van der Waals surface area contributed by atoms with Crippen LogP contribution >= 0.6 is 0 Å². The van der Waals surface area contributed by atoms with Crippen molar-refractivity contribution < 1.29 is 105 Å². The summed E-state index contributed by atoms with van der Waals surface area (Å²) in [6, 6.07) is 0.0325. The number of hydroxylamine groups is 4. The molecular weight excluding hydrogens is 610 g/mol. The van der Waals surface area contributed by atoms with E-state index in [0.717, 1.165) is 0 Å². The molecule has 2 aromatic heterocycles. The number of alkyl halides is 4. The van der Waals surface area contributed by atoms with Crippen molar-refractivity contribution in [3.63, 3.8) is 0 Å². The molecule has 224 valence electrons. The largest absolute Gasteiger partial charge is 1.00 e. The van der Waals surface area contributed by atoms with Gasteiger partial charge in [-0.15, -0.1) is 0 Å². The third kappa shape index (κ3) is 6.96. The molecule has 0 N–H and O–H groups in total. The molecule has 4 aliphatic rings. The molecule has 0 radical (unpaired) electrons. The van der Waals surface area contributed by atoms with Crippen LogP contribution in [0.2, 0.25) is 0 Å². The van der Waals surface area contributed by atoms with Crippen molar-refractivity contribution in [3.05, 3.63) is 49.1 Å². The third-order valence-corrected chi connectivity index (χ3v) is 6.31. The molecule has 6 rings (SSSR count). The summed E-state index contributed by atoms with van der Waals surface area (Å²) in [4.78, 5) is 55.0. The Hall–Kier alpha value is -3.38. The van der Waals surface area contributed by atoms with Gasteiger partial charge in [-0.3, -0.25) is 0 Å². The molecule has 4 bridgehead atoms. The number of halogens is 4. The fourth-order valence-electron chi connectivity index (χ4n) is 4.47. The fourth-order valence-corrected chi connectivity index (χ4v) is 4.47. The van der Waals surface area contributed by atoms with E-state index in [2.05, 4.69) is 19.9 Å². The Balaban J connectivity index is 0.000000230. The van der Waals surface area contributed by atoms with Crippen LogP contribution in [0, 0.1) is 0 Å². The van der Waals surface area contributed by atoms with Gasteiger partial charge in [0.05, 0.1) is 36.6 Å². The summed E-state index contributed by atoms with van der Waals surface area (Å²) in [5.41, 5.74) is 1.21. The predicted molar refractivity (Wildman–Crippen MR) is 120 cm³/mol. The fraction of sp³-hybridized carbons (Fsp3) is 0.364. The van der Waals surface area contributed by atoms with E-state index in [4.69, 9.17) is 0 Å². The summed E-state index contributed by atoms with van der Waals surface area (Å²) in [6.45, 7) is 0.584. The number of aromatic nitrogens is 4. The predicted octanol–water partition coefficient (Wildman–Crippen LogP) is -7.76. The molecule has 16 nitrogen and oxygen atoms in total. The maximum Gasteiger partial charge on any atom is 1.00 e. The summed E-state index contributed by atoms with van der Waals surface area (Å²) in [7, 11) is 0. The van der Waals surface area contributed by atoms with Gasteiger partial charge in [0.1, 0.15) is 11.9 Å². The molecule has 2 fully saturated rings. The number of nitrogens with zero attached hydrogens (tertiary/aromatic N) is 8.